The average Bonchev–Trinajstić information content (AvgIpc) is 2.48. The maximum absolute atomic E-state index is 12.0. The van der Waals surface area contributed by atoms with E-state index in [4.69, 9.17) is 14.2 Å². The van der Waals surface area contributed by atoms with Crippen molar-refractivity contribution in [1.82, 2.24) is 0 Å². The molecule has 116 valence electrons. The van der Waals surface area contributed by atoms with E-state index in [-0.39, 0.29) is 19.1 Å². The Balaban J connectivity index is 2.99. The summed E-state index contributed by atoms with van der Waals surface area (Å²) < 4.78 is 15.1. The highest BCUT2D eigenvalue weighted by atomic mass is 16.6. The summed E-state index contributed by atoms with van der Waals surface area (Å²) in [5, 5.41) is 0. The number of ether oxygens (including phenoxy) is 3. The van der Waals surface area contributed by atoms with Gasteiger partial charge in [0.05, 0.1) is 20.3 Å². The Hall–Kier alpha value is -2.04. The number of methoxy groups -OCH3 is 1. The van der Waals surface area contributed by atoms with Gasteiger partial charge in [0.2, 0.25) is 0 Å². The molecule has 0 aliphatic rings. The molecule has 0 unspecified atom stereocenters. The van der Waals surface area contributed by atoms with Crippen molar-refractivity contribution in [2.24, 2.45) is 5.92 Å². The van der Waals surface area contributed by atoms with Crippen LogP contribution in [-0.2, 0) is 19.1 Å². The Morgan fingerprint density at radius 3 is 1.86 bits per heavy atom. The fourth-order valence-corrected chi connectivity index (χ4v) is 2.07. The van der Waals surface area contributed by atoms with Gasteiger partial charge in [0.25, 0.3) is 0 Å². The standard InChI is InChI=1S/C16H22O5/c1-5-20-15(17)14(16(18)21-6-2)11(3)12-7-9-13(19-4)10-8-12/h7-11,14H,5-6H2,1-4H3/t11-/m0/s1. The molecule has 5 heteroatoms. The zero-order valence-electron chi connectivity index (χ0n) is 12.9. The summed E-state index contributed by atoms with van der Waals surface area (Å²) >= 11 is 0. The van der Waals surface area contributed by atoms with E-state index in [2.05, 4.69) is 0 Å². The van der Waals surface area contributed by atoms with E-state index in [9.17, 15) is 9.59 Å². The smallest absolute Gasteiger partial charge is 0.320 e. The highest BCUT2D eigenvalue weighted by Gasteiger charge is 2.35. The van der Waals surface area contributed by atoms with Gasteiger partial charge in [-0.2, -0.15) is 0 Å². The Bertz CT molecular complexity index is 448. The number of esters is 2. The Labute approximate surface area is 125 Å². The van der Waals surface area contributed by atoms with Gasteiger partial charge in [-0.1, -0.05) is 19.1 Å². The Morgan fingerprint density at radius 2 is 1.48 bits per heavy atom. The minimum absolute atomic E-state index is 0.226. The minimum Gasteiger partial charge on any atom is -0.497 e. The van der Waals surface area contributed by atoms with Gasteiger partial charge >= 0.3 is 11.9 Å². The quantitative estimate of drug-likeness (QED) is 0.571. The molecule has 0 amide bonds. The molecule has 1 atom stereocenters. The lowest BCUT2D eigenvalue weighted by Gasteiger charge is -2.21. The van der Waals surface area contributed by atoms with Crippen LogP contribution in [0.3, 0.4) is 0 Å². The zero-order valence-corrected chi connectivity index (χ0v) is 12.9. The lowest BCUT2D eigenvalue weighted by atomic mass is 9.87. The van der Waals surface area contributed by atoms with Gasteiger partial charge in [0, 0.05) is 5.92 Å². The van der Waals surface area contributed by atoms with Gasteiger partial charge in [0.1, 0.15) is 5.75 Å². The highest BCUT2D eigenvalue weighted by Crippen LogP contribution is 2.28. The molecule has 0 heterocycles. The highest BCUT2D eigenvalue weighted by molar-refractivity contribution is 5.96. The molecule has 0 fully saturated rings. The second-order valence-electron chi connectivity index (χ2n) is 4.54. The van der Waals surface area contributed by atoms with Gasteiger partial charge in [-0.3, -0.25) is 9.59 Å². The number of rotatable bonds is 7. The Kier molecular flexibility index (Phi) is 6.72. The SMILES string of the molecule is CCOC(=O)C(C(=O)OCC)[C@@H](C)c1ccc(OC)cc1. The van der Waals surface area contributed by atoms with Crippen LogP contribution in [0.2, 0.25) is 0 Å². The van der Waals surface area contributed by atoms with E-state index in [1.165, 1.54) is 0 Å². The van der Waals surface area contributed by atoms with E-state index in [0.29, 0.717) is 0 Å². The molecule has 0 spiro atoms. The first-order valence-electron chi connectivity index (χ1n) is 7.02. The molecule has 0 N–H and O–H groups in total. The van der Waals surface area contributed by atoms with E-state index < -0.39 is 17.9 Å². The number of hydrogen-bond acceptors (Lipinski definition) is 5. The number of benzene rings is 1. The summed E-state index contributed by atoms with van der Waals surface area (Å²) in [7, 11) is 1.58. The van der Waals surface area contributed by atoms with E-state index in [0.717, 1.165) is 11.3 Å². The fourth-order valence-electron chi connectivity index (χ4n) is 2.07. The lowest BCUT2D eigenvalue weighted by molar-refractivity contribution is -0.162. The van der Waals surface area contributed by atoms with Crippen molar-refractivity contribution in [2.75, 3.05) is 20.3 Å². The number of carbonyl (C=O) groups is 2. The minimum atomic E-state index is -0.960. The zero-order chi connectivity index (χ0) is 15.8. The van der Waals surface area contributed by atoms with E-state index in [1.807, 2.05) is 12.1 Å². The summed E-state index contributed by atoms with van der Waals surface area (Å²) in [6, 6.07) is 7.24. The second kappa shape index (κ2) is 8.29. The van der Waals surface area contributed by atoms with Crippen molar-refractivity contribution in [2.45, 2.75) is 26.7 Å². The van der Waals surface area contributed by atoms with Crippen LogP contribution in [0.5, 0.6) is 5.75 Å². The fraction of sp³-hybridized carbons (Fsp3) is 0.500. The van der Waals surface area contributed by atoms with E-state index >= 15 is 0 Å². The third kappa shape index (κ3) is 4.48. The molecule has 0 radical (unpaired) electrons. The molecule has 0 aliphatic heterocycles. The maximum Gasteiger partial charge on any atom is 0.320 e. The predicted molar refractivity (Wildman–Crippen MR) is 78.2 cm³/mol. The van der Waals surface area contributed by atoms with Crippen molar-refractivity contribution in [3.8, 4) is 5.75 Å². The summed E-state index contributed by atoms with van der Waals surface area (Å²) in [4.78, 5) is 24.1. The molecule has 21 heavy (non-hydrogen) atoms. The van der Waals surface area contributed by atoms with Crippen LogP contribution in [0.1, 0.15) is 32.3 Å². The summed E-state index contributed by atoms with van der Waals surface area (Å²) in [5.74, 6) is -1.69. The monoisotopic (exact) mass is 294 g/mol. The van der Waals surface area contributed by atoms with Gasteiger partial charge < -0.3 is 14.2 Å². The van der Waals surface area contributed by atoms with Crippen molar-refractivity contribution in [3.63, 3.8) is 0 Å². The molecule has 5 nitrogen and oxygen atoms in total. The van der Waals surface area contributed by atoms with Crippen LogP contribution in [0, 0.1) is 5.92 Å². The summed E-state index contributed by atoms with van der Waals surface area (Å²) in [6.07, 6.45) is 0. The van der Waals surface area contributed by atoms with Crippen molar-refractivity contribution < 1.29 is 23.8 Å². The summed E-state index contributed by atoms with van der Waals surface area (Å²) in [5.41, 5.74) is 0.849. The van der Waals surface area contributed by atoms with Gasteiger partial charge in [-0.05, 0) is 31.5 Å². The Morgan fingerprint density at radius 1 is 1.00 bits per heavy atom. The largest absolute Gasteiger partial charge is 0.497 e. The van der Waals surface area contributed by atoms with Crippen LogP contribution in [0.15, 0.2) is 24.3 Å². The molecular weight excluding hydrogens is 272 g/mol. The molecule has 0 saturated carbocycles. The van der Waals surface area contributed by atoms with Gasteiger partial charge in [0.15, 0.2) is 5.92 Å². The number of carbonyl (C=O) groups excluding carboxylic acids is 2. The second-order valence-corrected chi connectivity index (χ2v) is 4.54. The number of hydrogen-bond donors (Lipinski definition) is 0. The first kappa shape index (κ1) is 17.0. The van der Waals surface area contributed by atoms with Crippen molar-refractivity contribution >= 4 is 11.9 Å². The first-order valence-corrected chi connectivity index (χ1v) is 7.02. The van der Waals surface area contributed by atoms with Gasteiger partial charge in [-0.25, -0.2) is 0 Å². The third-order valence-corrected chi connectivity index (χ3v) is 3.22. The van der Waals surface area contributed by atoms with E-state index in [1.54, 1.807) is 40.0 Å². The molecule has 1 aromatic rings. The van der Waals surface area contributed by atoms with Crippen LogP contribution >= 0.6 is 0 Å². The summed E-state index contributed by atoms with van der Waals surface area (Å²) in [6.45, 7) is 5.67. The molecular formula is C16H22O5. The molecule has 0 aliphatic carbocycles. The average molecular weight is 294 g/mol. The van der Waals surface area contributed by atoms with Crippen LogP contribution in [0.4, 0.5) is 0 Å². The topological polar surface area (TPSA) is 61.8 Å². The molecule has 0 saturated heterocycles. The maximum atomic E-state index is 12.0. The molecule has 1 rings (SSSR count). The predicted octanol–water partition coefficient (Wildman–Crippen LogP) is 2.54. The molecule has 0 aromatic heterocycles. The van der Waals surface area contributed by atoms with Gasteiger partial charge in [-0.15, -0.1) is 0 Å². The van der Waals surface area contributed by atoms with Crippen molar-refractivity contribution in [3.05, 3.63) is 29.8 Å². The first-order chi connectivity index (χ1) is 10.0. The molecule has 1 aromatic carbocycles. The van der Waals surface area contributed by atoms with Crippen molar-refractivity contribution in [1.29, 1.82) is 0 Å². The third-order valence-electron chi connectivity index (χ3n) is 3.22. The van der Waals surface area contributed by atoms with Crippen LogP contribution in [-0.4, -0.2) is 32.3 Å². The van der Waals surface area contributed by atoms with Crippen LogP contribution in [0.25, 0.3) is 0 Å². The van der Waals surface area contributed by atoms with Crippen LogP contribution < -0.4 is 4.74 Å². The lowest BCUT2D eigenvalue weighted by Crippen LogP contribution is -2.32. The molecule has 0 bridgehead atoms. The normalized spacial score (nSPS) is 11.9.